The molecule has 2 saturated carbocycles. The van der Waals surface area contributed by atoms with Gasteiger partial charge in [-0.15, -0.1) is 0 Å². The standard InChI is InChI=1S/C26H50O5/c1-17(2)23-9-7-19(5)11-25(23,13-21(29)15-27)31-26(14-22(30)16-28)12-20(6)8-10-24(26)18(3)4/h17-24,27-30H,7-16H2,1-6H3. The summed E-state index contributed by atoms with van der Waals surface area (Å²) in [6, 6.07) is 0. The minimum absolute atomic E-state index is 0.263. The van der Waals surface area contributed by atoms with Crippen LogP contribution in [0.25, 0.3) is 0 Å². The highest BCUT2D eigenvalue weighted by atomic mass is 16.5. The molecule has 2 aliphatic carbocycles. The van der Waals surface area contributed by atoms with E-state index in [9.17, 15) is 20.4 Å². The molecule has 0 saturated heterocycles. The van der Waals surface area contributed by atoms with E-state index in [1.54, 1.807) is 0 Å². The number of hydrogen-bond acceptors (Lipinski definition) is 5. The summed E-state index contributed by atoms with van der Waals surface area (Å²) in [6.07, 6.45) is 5.36. The largest absolute Gasteiger partial charge is 0.394 e. The van der Waals surface area contributed by atoms with E-state index < -0.39 is 23.4 Å². The third kappa shape index (κ3) is 6.44. The molecule has 2 aliphatic rings. The molecule has 0 aliphatic heterocycles. The first-order chi connectivity index (χ1) is 14.5. The van der Waals surface area contributed by atoms with Crippen molar-refractivity contribution in [3.05, 3.63) is 0 Å². The van der Waals surface area contributed by atoms with Crippen LogP contribution in [0.2, 0.25) is 0 Å². The van der Waals surface area contributed by atoms with Crippen LogP contribution in [0.3, 0.4) is 0 Å². The van der Waals surface area contributed by atoms with Crippen LogP contribution in [0.4, 0.5) is 0 Å². The first-order valence-electron chi connectivity index (χ1n) is 12.8. The van der Waals surface area contributed by atoms with E-state index in [1.165, 1.54) is 0 Å². The van der Waals surface area contributed by atoms with Crippen molar-refractivity contribution in [3.8, 4) is 0 Å². The van der Waals surface area contributed by atoms with Crippen LogP contribution in [0.5, 0.6) is 0 Å². The molecule has 0 spiro atoms. The van der Waals surface area contributed by atoms with E-state index in [0.717, 1.165) is 38.5 Å². The molecular weight excluding hydrogens is 392 g/mol. The molecule has 8 unspecified atom stereocenters. The predicted octanol–water partition coefficient (Wildman–Crippen LogP) is 4.15. The van der Waals surface area contributed by atoms with Crippen molar-refractivity contribution in [3.63, 3.8) is 0 Å². The van der Waals surface area contributed by atoms with Gasteiger partial charge in [-0.3, -0.25) is 0 Å². The molecule has 2 fully saturated rings. The minimum atomic E-state index is -0.815. The summed E-state index contributed by atoms with van der Waals surface area (Å²) in [6.45, 7) is 13.0. The number of ether oxygens (including phenoxy) is 1. The summed E-state index contributed by atoms with van der Waals surface area (Å²) in [7, 11) is 0. The molecule has 0 aromatic rings. The van der Waals surface area contributed by atoms with Crippen LogP contribution < -0.4 is 0 Å². The normalized spacial score (nSPS) is 39.1. The Hall–Kier alpha value is -0.200. The Bertz CT molecular complexity index is 492. The second-order valence-electron chi connectivity index (χ2n) is 11.8. The molecule has 0 heterocycles. The number of aliphatic hydroxyl groups is 4. The molecule has 0 radical (unpaired) electrons. The van der Waals surface area contributed by atoms with Crippen LogP contribution in [0.1, 0.15) is 92.9 Å². The molecular formula is C26H50O5. The lowest BCUT2D eigenvalue weighted by Crippen LogP contribution is -2.60. The average molecular weight is 443 g/mol. The zero-order valence-electron chi connectivity index (χ0n) is 20.9. The van der Waals surface area contributed by atoms with Gasteiger partial charge in [0.1, 0.15) is 0 Å². The zero-order valence-corrected chi connectivity index (χ0v) is 20.9. The third-order valence-electron chi connectivity index (χ3n) is 8.28. The van der Waals surface area contributed by atoms with Gasteiger partial charge in [-0.1, -0.05) is 54.4 Å². The van der Waals surface area contributed by atoms with E-state index >= 15 is 0 Å². The molecule has 4 N–H and O–H groups in total. The molecule has 5 heteroatoms. The van der Waals surface area contributed by atoms with Crippen molar-refractivity contribution in [1.29, 1.82) is 0 Å². The number of hydrogen-bond donors (Lipinski definition) is 4. The highest BCUT2D eigenvalue weighted by Gasteiger charge is 2.55. The van der Waals surface area contributed by atoms with Crippen LogP contribution in [0.15, 0.2) is 0 Å². The molecule has 0 bridgehead atoms. The van der Waals surface area contributed by atoms with E-state index in [2.05, 4.69) is 41.5 Å². The van der Waals surface area contributed by atoms with Gasteiger partial charge in [0, 0.05) is 12.8 Å². The van der Waals surface area contributed by atoms with Crippen molar-refractivity contribution < 1.29 is 25.2 Å². The summed E-state index contributed by atoms with van der Waals surface area (Å²) in [5, 5.41) is 40.7. The minimum Gasteiger partial charge on any atom is -0.394 e. The Balaban J connectivity index is 2.57. The molecule has 0 aromatic heterocycles. The van der Waals surface area contributed by atoms with Gasteiger partial charge in [0.05, 0.1) is 36.6 Å². The summed E-state index contributed by atoms with van der Waals surface area (Å²) >= 11 is 0. The van der Waals surface area contributed by atoms with E-state index in [0.29, 0.717) is 36.5 Å². The van der Waals surface area contributed by atoms with Crippen molar-refractivity contribution in [1.82, 2.24) is 0 Å². The molecule has 5 nitrogen and oxygen atoms in total. The summed E-state index contributed by atoms with van der Waals surface area (Å²) in [4.78, 5) is 0. The van der Waals surface area contributed by atoms with Crippen molar-refractivity contribution in [2.75, 3.05) is 13.2 Å². The predicted molar refractivity (Wildman–Crippen MR) is 125 cm³/mol. The van der Waals surface area contributed by atoms with E-state index in [-0.39, 0.29) is 25.0 Å². The van der Waals surface area contributed by atoms with Gasteiger partial charge in [0.25, 0.3) is 0 Å². The van der Waals surface area contributed by atoms with Gasteiger partial charge in [-0.05, 0) is 61.2 Å². The van der Waals surface area contributed by atoms with E-state index in [1.807, 2.05) is 0 Å². The molecule has 184 valence electrons. The van der Waals surface area contributed by atoms with Crippen LogP contribution in [0, 0.1) is 35.5 Å². The first kappa shape index (κ1) is 27.0. The lowest BCUT2D eigenvalue weighted by atomic mass is 9.61. The van der Waals surface area contributed by atoms with Gasteiger partial charge >= 0.3 is 0 Å². The van der Waals surface area contributed by atoms with Crippen molar-refractivity contribution in [2.45, 2.75) is 116 Å². The average Bonchev–Trinajstić information content (AvgIpc) is 2.66. The maximum Gasteiger partial charge on any atom is 0.0798 e. The molecule has 2 rings (SSSR count). The Morgan fingerprint density at radius 3 is 1.35 bits per heavy atom. The Kier molecular flexibility index (Phi) is 9.85. The Morgan fingerprint density at radius 2 is 1.06 bits per heavy atom. The fourth-order valence-electron chi connectivity index (χ4n) is 7.14. The Morgan fingerprint density at radius 1 is 0.710 bits per heavy atom. The zero-order chi connectivity index (χ0) is 23.4. The highest BCUT2D eigenvalue weighted by molar-refractivity contribution is 5.04. The summed E-state index contributed by atoms with van der Waals surface area (Å²) in [5.74, 6) is 2.35. The van der Waals surface area contributed by atoms with Crippen LogP contribution in [-0.4, -0.2) is 57.0 Å². The van der Waals surface area contributed by atoms with Gasteiger partial charge in [-0.25, -0.2) is 0 Å². The fraction of sp³-hybridized carbons (Fsp3) is 1.00. The first-order valence-corrected chi connectivity index (χ1v) is 12.8. The Labute approximate surface area is 190 Å². The van der Waals surface area contributed by atoms with Crippen molar-refractivity contribution >= 4 is 0 Å². The number of rotatable bonds is 10. The lowest BCUT2D eigenvalue weighted by Gasteiger charge is -2.58. The fourth-order valence-corrected chi connectivity index (χ4v) is 7.14. The second kappa shape index (κ2) is 11.3. The maximum atomic E-state index is 10.6. The maximum absolute atomic E-state index is 10.6. The molecule has 31 heavy (non-hydrogen) atoms. The number of aliphatic hydroxyl groups excluding tert-OH is 4. The molecule has 0 aromatic carbocycles. The lowest BCUT2D eigenvalue weighted by molar-refractivity contribution is -0.265. The molecule has 0 amide bonds. The SMILES string of the molecule is CC1CCC(C(C)C)C(CC(O)CO)(OC2(CC(O)CO)CC(C)CCC2C(C)C)C1. The topological polar surface area (TPSA) is 90.2 Å². The quantitative estimate of drug-likeness (QED) is 0.408. The molecule has 8 atom stereocenters. The smallest absolute Gasteiger partial charge is 0.0798 e. The summed E-state index contributed by atoms with van der Waals surface area (Å²) in [5.41, 5.74) is -1.07. The van der Waals surface area contributed by atoms with Crippen molar-refractivity contribution in [2.24, 2.45) is 35.5 Å². The van der Waals surface area contributed by atoms with Crippen LogP contribution in [-0.2, 0) is 4.74 Å². The monoisotopic (exact) mass is 442 g/mol. The highest BCUT2D eigenvalue weighted by Crippen LogP contribution is 2.54. The van der Waals surface area contributed by atoms with Gasteiger partial charge in [0.2, 0.25) is 0 Å². The summed E-state index contributed by atoms with van der Waals surface area (Å²) < 4.78 is 7.40. The van der Waals surface area contributed by atoms with Crippen LogP contribution >= 0.6 is 0 Å². The van der Waals surface area contributed by atoms with Gasteiger partial charge < -0.3 is 25.2 Å². The van der Waals surface area contributed by atoms with Gasteiger partial charge in [-0.2, -0.15) is 0 Å². The second-order valence-corrected chi connectivity index (χ2v) is 11.8. The third-order valence-corrected chi connectivity index (χ3v) is 8.28. The van der Waals surface area contributed by atoms with E-state index in [4.69, 9.17) is 4.74 Å². The van der Waals surface area contributed by atoms with Gasteiger partial charge in [0.15, 0.2) is 0 Å².